The number of aliphatic hydroxyl groups excluding tert-OH is 1. The molecule has 0 aromatic heterocycles. The quantitative estimate of drug-likeness (QED) is 0.283. The van der Waals surface area contributed by atoms with Crippen molar-refractivity contribution in [2.45, 2.75) is 24.9 Å². The molecule has 2 atom stereocenters. The van der Waals surface area contributed by atoms with E-state index in [2.05, 4.69) is 10.6 Å². The third-order valence-electron chi connectivity index (χ3n) is 2.32. The largest absolute Gasteiger partial charge is 0.394 e. The van der Waals surface area contributed by atoms with Gasteiger partial charge in [0.2, 0.25) is 17.7 Å². The fourth-order valence-electron chi connectivity index (χ4n) is 1.21. The average Bonchev–Trinajstić information content (AvgIpc) is 2.40. The van der Waals surface area contributed by atoms with Crippen LogP contribution in [0.2, 0.25) is 0 Å². The van der Waals surface area contributed by atoms with Gasteiger partial charge >= 0.3 is 6.03 Å². The van der Waals surface area contributed by atoms with Gasteiger partial charge in [0.25, 0.3) is 0 Å². The van der Waals surface area contributed by atoms with Crippen molar-refractivity contribution >= 4 is 23.8 Å². The minimum atomic E-state index is -1.25. The van der Waals surface area contributed by atoms with Crippen LogP contribution in [-0.4, -0.2) is 54.6 Å². The summed E-state index contributed by atoms with van der Waals surface area (Å²) >= 11 is 0. The predicted octanol–water partition coefficient (Wildman–Crippen LogP) is -3.49. The molecule has 10 heteroatoms. The molecule has 0 saturated heterocycles. The molecule has 114 valence electrons. The second-order valence-corrected chi connectivity index (χ2v) is 3.92. The second kappa shape index (κ2) is 8.82. The summed E-state index contributed by atoms with van der Waals surface area (Å²) in [5, 5.41) is 15.0. The fraction of sp³-hybridized carbons (Fsp3) is 0.600. The molecule has 0 bridgehead atoms. The highest BCUT2D eigenvalue weighted by Gasteiger charge is 2.22. The molecule has 0 aliphatic rings. The van der Waals surface area contributed by atoms with Gasteiger partial charge in [-0.15, -0.1) is 0 Å². The van der Waals surface area contributed by atoms with Crippen molar-refractivity contribution in [3.8, 4) is 0 Å². The van der Waals surface area contributed by atoms with Gasteiger partial charge in [0.1, 0.15) is 12.1 Å². The van der Waals surface area contributed by atoms with Gasteiger partial charge in [-0.05, 0) is 6.42 Å². The summed E-state index contributed by atoms with van der Waals surface area (Å²) in [6, 6.07) is -3.23. The average molecular weight is 289 g/mol. The molecule has 10 nitrogen and oxygen atoms in total. The Morgan fingerprint density at radius 1 is 1.20 bits per heavy atom. The number of nitrogens with one attached hydrogen (secondary N) is 3. The third kappa shape index (κ3) is 6.66. The van der Waals surface area contributed by atoms with E-state index in [9.17, 15) is 19.2 Å². The van der Waals surface area contributed by atoms with E-state index in [1.165, 1.54) is 7.05 Å². The molecule has 0 aromatic carbocycles. The lowest BCUT2D eigenvalue weighted by Gasteiger charge is -2.17. The normalized spacial score (nSPS) is 12.9. The van der Waals surface area contributed by atoms with E-state index in [0.29, 0.717) is 0 Å². The van der Waals surface area contributed by atoms with Crippen molar-refractivity contribution in [3.05, 3.63) is 0 Å². The summed E-state index contributed by atoms with van der Waals surface area (Å²) in [6.07, 6.45) is -0.120. The SMILES string of the molecule is CNC(=O)[C@H](CCC(N)=O)NC(=O)NC(=O)[C@@H](N)CO. The van der Waals surface area contributed by atoms with Gasteiger partial charge in [-0.3, -0.25) is 19.7 Å². The van der Waals surface area contributed by atoms with Gasteiger partial charge in [0.05, 0.1) is 6.61 Å². The Bertz CT molecular complexity index is 386. The first-order valence-electron chi connectivity index (χ1n) is 5.79. The van der Waals surface area contributed by atoms with E-state index in [1.807, 2.05) is 5.32 Å². The molecule has 0 spiro atoms. The topological polar surface area (TPSA) is 177 Å². The highest BCUT2D eigenvalue weighted by Crippen LogP contribution is 1.97. The van der Waals surface area contributed by atoms with Gasteiger partial charge in [-0.25, -0.2) is 4.79 Å². The lowest BCUT2D eigenvalue weighted by atomic mass is 10.1. The summed E-state index contributed by atoms with van der Waals surface area (Å²) < 4.78 is 0. The zero-order valence-corrected chi connectivity index (χ0v) is 11.0. The molecule has 0 fully saturated rings. The molecule has 20 heavy (non-hydrogen) atoms. The predicted molar refractivity (Wildman–Crippen MR) is 68.0 cm³/mol. The van der Waals surface area contributed by atoms with Crippen LogP contribution in [0.4, 0.5) is 4.79 Å². The third-order valence-corrected chi connectivity index (χ3v) is 2.32. The number of urea groups is 1. The van der Waals surface area contributed by atoms with Crippen LogP contribution in [0.1, 0.15) is 12.8 Å². The zero-order chi connectivity index (χ0) is 15.7. The molecule has 0 aliphatic heterocycles. The Morgan fingerprint density at radius 3 is 2.25 bits per heavy atom. The first-order chi connectivity index (χ1) is 9.31. The highest BCUT2D eigenvalue weighted by molar-refractivity contribution is 5.98. The maximum absolute atomic E-state index is 11.5. The van der Waals surface area contributed by atoms with Crippen LogP contribution < -0.4 is 27.4 Å². The molecule has 0 rings (SSSR count). The van der Waals surface area contributed by atoms with Crippen molar-refractivity contribution in [3.63, 3.8) is 0 Å². The lowest BCUT2D eigenvalue weighted by molar-refractivity contribution is -0.124. The van der Waals surface area contributed by atoms with Crippen molar-refractivity contribution in [1.29, 1.82) is 0 Å². The Labute approximate surface area is 115 Å². The van der Waals surface area contributed by atoms with E-state index >= 15 is 0 Å². The van der Waals surface area contributed by atoms with E-state index in [0.717, 1.165) is 0 Å². The number of primary amides is 1. The second-order valence-electron chi connectivity index (χ2n) is 3.92. The van der Waals surface area contributed by atoms with E-state index in [4.69, 9.17) is 16.6 Å². The van der Waals surface area contributed by atoms with Crippen LogP contribution in [0.5, 0.6) is 0 Å². The summed E-state index contributed by atoms with van der Waals surface area (Å²) in [6.45, 7) is -0.625. The Kier molecular flexibility index (Phi) is 7.85. The number of aliphatic hydroxyl groups is 1. The lowest BCUT2D eigenvalue weighted by Crippen LogP contribution is -2.54. The molecular formula is C10H19N5O5. The maximum Gasteiger partial charge on any atom is 0.322 e. The van der Waals surface area contributed by atoms with Crippen molar-refractivity contribution in [1.82, 2.24) is 16.0 Å². The number of hydrogen-bond donors (Lipinski definition) is 6. The number of carbonyl (C=O) groups is 4. The summed E-state index contributed by atoms with van der Waals surface area (Å²) in [5.74, 6) is -2.06. The van der Waals surface area contributed by atoms with E-state index in [-0.39, 0.29) is 12.8 Å². The van der Waals surface area contributed by atoms with E-state index < -0.39 is 42.4 Å². The van der Waals surface area contributed by atoms with Crippen molar-refractivity contribution in [2.24, 2.45) is 11.5 Å². The molecule has 5 amide bonds. The highest BCUT2D eigenvalue weighted by atomic mass is 16.3. The van der Waals surface area contributed by atoms with Crippen LogP contribution in [0.3, 0.4) is 0 Å². The molecule has 8 N–H and O–H groups in total. The van der Waals surface area contributed by atoms with Crippen LogP contribution in [0.25, 0.3) is 0 Å². The Hall–Kier alpha value is -2.20. The minimum Gasteiger partial charge on any atom is -0.394 e. The fourth-order valence-corrected chi connectivity index (χ4v) is 1.21. The Balaban J connectivity index is 4.49. The summed E-state index contributed by atoms with van der Waals surface area (Å²) in [7, 11) is 1.35. The number of imide groups is 1. The van der Waals surface area contributed by atoms with E-state index in [1.54, 1.807) is 0 Å². The molecule has 0 unspecified atom stereocenters. The molecular weight excluding hydrogens is 270 g/mol. The smallest absolute Gasteiger partial charge is 0.322 e. The molecule has 0 radical (unpaired) electrons. The number of likely N-dealkylation sites (N-methyl/N-ethyl adjacent to an activating group) is 1. The number of hydrogen-bond acceptors (Lipinski definition) is 6. The number of nitrogens with two attached hydrogens (primary N) is 2. The van der Waals surface area contributed by atoms with Crippen LogP contribution >= 0.6 is 0 Å². The number of rotatable bonds is 7. The van der Waals surface area contributed by atoms with Crippen molar-refractivity contribution in [2.75, 3.05) is 13.7 Å². The summed E-state index contributed by atoms with van der Waals surface area (Å²) in [5.41, 5.74) is 10.2. The van der Waals surface area contributed by atoms with Gasteiger partial charge < -0.3 is 27.2 Å². The van der Waals surface area contributed by atoms with Crippen LogP contribution in [0, 0.1) is 0 Å². The van der Waals surface area contributed by atoms with Gasteiger partial charge in [-0.1, -0.05) is 0 Å². The van der Waals surface area contributed by atoms with Crippen molar-refractivity contribution < 1.29 is 24.3 Å². The monoisotopic (exact) mass is 289 g/mol. The standard InChI is InChI=1S/C10H19N5O5/c1-13-9(19)6(2-3-7(12)17)14-10(20)15-8(18)5(11)4-16/h5-6,16H,2-4,11H2,1H3,(H2,12,17)(H,13,19)(H2,14,15,18,20)/t5-,6-/m0/s1. The molecule has 0 aromatic rings. The Morgan fingerprint density at radius 2 is 1.80 bits per heavy atom. The zero-order valence-electron chi connectivity index (χ0n) is 11.0. The minimum absolute atomic E-state index is 0.0112. The molecule has 0 heterocycles. The summed E-state index contributed by atoms with van der Waals surface area (Å²) in [4.78, 5) is 44.9. The molecule has 0 saturated carbocycles. The van der Waals surface area contributed by atoms with Gasteiger partial charge in [-0.2, -0.15) is 0 Å². The van der Waals surface area contributed by atoms with Crippen LogP contribution in [0.15, 0.2) is 0 Å². The van der Waals surface area contributed by atoms with Crippen LogP contribution in [-0.2, 0) is 14.4 Å². The maximum atomic E-state index is 11.5. The van der Waals surface area contributed by atoms with Gasteiger partial charge in [0, 0.05) is 13.5 Å². The van der Waals surface area contributed by atoms with Gasteiger partial charge in [0.15, 0.2) is 0 Å². The first kappa shape index (κ1) is 17.8. The first-order valence-corrected chi connectivity index (χ1v) is 5.79. The molecule has 0 aliphatic carbocycles. The number of amides is 5. The number of carbonyl (C=O) groups excluding carboxylic acids is 4.